The highest BCUT2D eigenvalue weighted by Gasteiger charge is 2.32. The van der Waals surface area contributed by atoms with Gasteiger partial charge in [0.15, 0.2) is 11.5 Å². The molecule has 1 fully saturated rings. The summed E-state index contributed by atoms with van der Waals surface area (Å²) < 4.78 is 0. The Hall–Kier alpha value is -2.76. The number of rotatable bonds is 4. The van der Waals surface area contributed by atoms with Gasteiger partial charge in [-0.3, -0.25) is 4.90 Å². The van der Waals surface area contributed by atoms with Crippen molar-refractivity contribution < 1.29 is 0 Å². The normalized spacial score (nSPS) is 21.0. The number of benzene rings is 1. The lowest BCUT2D eigenvalue weighted by Crippen LogP contribution is -2.53. The molecule has 0 bridgehead atoms. The molecule has 0 amide bonds. The van der Waals surface area contributed by atoms with Gasteiger partial charge >= 0.3 is 0 Å². The summed E-state index contributed by atoms with van der Waals surface area (Å²) in [5, 5.41) is 20.7. The predicted octanol–water partition coefficient (Wildman–Crippen LogP) is 2.77. The molecule has 28 heavy (non-hydrogen) atoms. The first kappa shape index (κ1) is 18.6. The van der Waals surface area contributed by atoms with Crippen molar-refractivity contribution in [1.29, 1.82) is 5.26 Å². The van der Waals surface area contributed by atoms with Crippen molar-refractivity contribution in [2.24, 2.45) is 10.3 Å². The number of halogens is 1. The fraction of sp³-hybridized carbons (Fsp3) is 0.421. The Balaban J connectivity index is 1.35. The zero-order valence-corrected chi connectivity index (χ0v) is 16.4. The van der Waals surface area contributed by atoms with Crippen molar-refractivity contribution in [2.75, 3.05) is 42.6 Å². The summed E-state index contributed by atoms with van der Waals surface area (Å²) in [5.41, 5.74) is 1.34. The van der Waals surface area contributed by atoms with Crippen LogP contribution in [-0.2, 0) is 0 Å². The largest absolute Gasteiger partial charge is 0.352 e. The molecule has 4 rings (SSSR count). The third-order valence-corrected chi connectivity index (χ3v) is 5.54. The van der Waals surface area contributed by atoms with Gasteiger partial charge in [-0.05, 0) is 25.1 Å². The molecule has 2 aromatic rings. The van der Waals surface area contributed by atoms with E-state index in [4.69, 9.17) is 11.6 Å². The van der Waals surface area contributed by atoms with E-state index in [2.05, 4.69) is 43.1 Å². The first-order valence-corrected chi connectivity index (χ1v) is 9.67. The van der Waals surface area contributed by atoms with E-state index in [1.807, 2.05) is 29.3 Å². The SMILES string of the molecule is CC(C1CN(c2cccc(Cl)c2)N=N1)N1CCN(c2nccnc2C#N)CC1. The second-order valence-electron chi connectivity index (χ2n) is 6.94. The molecule has 1 aromatic carbocycles. The van der Waals surface area contributed by atoms with Crippen molar-refractivity contribution in [2.45, 2.75) is 19.0 Å². The maximum atomic E-state index is 9.24. The number of aromatic nitrogens is 2. The van der Waals surface area contributed by atoms with Gasteiger partial charge < -0.3 is 4.90 Å². The molecule has 2 atom stereocenters. The lowest BCUT2D eigenvalue weighted by molar-refractivity contribution is 0.177. The van der Waals surface area contributed by atoms with E-state index in [0.29, 0.717) is 16.5 Å². The van der Waals surface area contributed by atoms with Crippen LogP contribution in [0.2, 0.25) is 5.02 Å². The van der Waals surface area contributed by atoms with E-state index in [1.165, 1.54) is 0 Å². The molecular formula is C19H21ClN8. The maximum absolute atomic E-state index is 9.24. The van der Waals surface area contributed by atoms with Gasteiger partial charge in [0.2, 0.25) is 0 Å². The molecule has 0 radical (unpaired) electrons. The number of nitriles is 1. The van der Waals surface area contributed by atoms with E-state index in [-0.39, 0.29) is 12.1 Å². The highest BCUT2D eigenvalue weighted by Crippen LogP contribution is 2.26. The Kier molecular flexibility index (Phi) is 5.37. The van der Waals surface area contributed by atoms with Gasteiger partial charge in [-0.1, -0.05) is 22.9 Å². The van der Waals surface area contributed by atoms with Gasteiger partial charge in [-0.25, -0.2) is 15.0 Å². The predicted molar refractivity (Wildman–Crippen MR) is 107 cm³/mol. The molecule has 3 heterocycles. The lowest BCUT2D eigenvalue weighted by atomic mass is 10.1. The average Bonchev–Trinajstić information content (AvgIpc) is 3.24. The summed E-state index contributed by atoms with van der Waals surface area (Å²) in [6.07, 6.45) is 3.19. The number of nitrogens with zero attached hydrogens (tertiary/aromatic N) is 8. The molecule has 1 aromatic heterocycles. The summed E-state index contributed by atoms with van der Waals surface area (Å²) in [6, 6.07) is 10.2. The summed E-state index contributed by atoms with van der Waals surface area (Å²) >= 11 is 6.09. The van der Waals surface area contributed by atoms with Gasteiger partial charge in [-0.2, -0.15) is 10.4 Å². The summed E-state index contributed by atoms with van der Waals surface area (Å²) in [4.78, 5) is 13.0. The van der Waals surface area contributed by atoms with Gasteiger partial charge in [0.1, 0.15) is 12.1 Å². The van der Waals surface area contributed by atoms with Gasteiger partial charge in [-0.15, -0.1) is 0 Å². The minimum Gasteiger partial charge on any atom is -0.352 e. The fourth-order valence-corrected chi connectivity index (χ4v) is 3.83. The Bertz CT molecular complexity index is 903. The van der Waals surface area contributed by atoms with Crippen molar-refractivity contribution in [3.8, 4) is 6.07 Å². The van der Waals surface area contributed by atoms with Crippen LogP contribution in [-0.4, -0.2) is 59.7 Å². The number of piperazine rings is 1. The zero-order chi connectivity index (χ0) is 19.5. The van der Waals surface area contributed by atoms with Crippen LogP contribution in [0.3, 0.4) is 0 Å². The van der Waals surface area contributed by atoms with Gasteiger partial charge in [0, 0.05) is 49.6 Å². The molecule has 0 aliphatic carbocycles. The molecule has 2 aliphatic heterocycles. The monoisotopic (exact) mass is 396 g/mol. The topological polar surface area (TPSA) is 84.0 Å². The third-order valence-electron chi connectivity index (χ3n) is 5.31. The van der Waals surface area contributed by atoms with Crippen LogP contribution in [0.1, 0.15) is 12.6 Å². The first-order chi connectivity index (χ1) is 13.7. The zero-order valence-electron chi connectivity index (χ0n) is 15.6. The molecular weight excluding hydrogens is 376 g/mol. The Labute approximate surface area is 169 Å². The quantitative estimate of drug-likeness (QED) is 0.790. The Morgan fingerprint density at radius 2 is 1.96 bits per heavy atom. The molecule has 2 aliphatic rings. The van der Waals surface area contributed by atoms with E-state index in [0.717, 1.165) is 38.4 Å². The number of anilines is 2. The molecule has 144 valence electrons. The van der Waals surface area contributed by atoms with E-state index >= 15 is 0 Å². The molecule has 0 saturated carbocycles. The number of hydrogen-bond acceptors (Lipinski definition) is 8. The molecule has 9 heteroatoms. The van der Waals surface area contributed by atoms with E-state index in [9.17, 15) is 5.26 Å². The van der Waals surface area contributed by atoms with Gasteiger partial charge in [0.25, 0.3) is 0 Å². The third kappa shape index (κ3) is 3.77. The summed E-state index contributed by atoms with van der Waals surface area (Å²) in [6.45, 7) is 6.31. The second-order valence-corrected chi connectivity index (χ2v) is 7.37. The molecule has 2 unspecified atom stereocenters. The summed E-state index contributed by atoms with van der Waals surface area (Å²) in [5.74, 6) is 0.671. The van der Waals surface area contributed by atoms with Crippen LogP contribution in [0.5, 0.6) is 0 Å². The number of hydrogen-bond donors (Lipinski definition) is 0. The highest BCUT2D eigenvalue weighted by molar-refractivity contribution is 6.30. The van der Waals surface area contributed by atoms with Crippen molar-refractivity contribution >= 4 is 23.1 Å². The van der Waals surface area contributed by atoms with Gasteiger partial charge in [0.05, 0.1) is 12.2 Å². The van der Waals surface area contributed by atoms with Crippen LogP contribution in [0.4, 0.5) is 11.5 Å². The average molecular weight is 397 g/mol. The second kappa shape index (κ2) is 8.09. The highest BCUT2D eigenvalue weighted by atomic mass is 35.5. The van der Waals surface area contributed by atoms with Crippen LogP contribution < -0.4 is 9.91 Å². The van der Waals surface area contributed by atoms with E-state index in [1.54, 1.807) is 12.4 Å². The molecule has 1 saturated heterocycles. The lowest BCUT2D eigenvalue weighted by Gasteiger charge is -2.39. The van der Waals surface area contributed by atoms with Crippen LogP contribution >= 0.6 is 11.6 Å². The van der Waals surface area contributed by atoms with Crippen molar-refractivity contribution in [3.05, 3.63) is 47.4 Å². The molecule has 8 nitrogen and oxygen atoms in total. The Morgan fingerprint density at radius 1 is 1.18 bits per heavy atom. The van der Waals surface area contributed by atoms with Crippen molar-refractivity contribution in [3.63, 3.8) is 0 Å². The maximum Gasteiger partial charge on any atom is 0.183 e. The van der Waals surface area contributed by atoms with Crippen LogP contribution in [0.25, 0.3) is 0 Å². The van der Waals surface area contributed by atoms with E-state index < -0.39 is 0 Å². The standard InChI is InChI=1S/C19H21ClN8/c1-14(18-13-28(25-24-18)16-4-2-3-15(20)11-16)26-7-9-27(10-8-26)19-17(12-21)22-5-6-23-19/h2-6,11,14,18H,7-10,13H2,1H3. The Morgan fingerprint density at radius 3 is 2.71 bits per heavy atom. The fourth-order valence-electron chi connectivity index (χ4n) is 3.65. The van der Waals surface area contributed by atoms with Crippen molar-refractivity contribution in [1.82, 2.24) is 14.9 Å². The molecule has 0 spiro atoms. The smallest absolute Gasteiger partial charge is 0.183 e. The molecule has 0 N–H and O–H groups in total. The summed E-state index contributed by atoms with van der Waals surface area (Å²) in [7, 11) is 0. The first-order valence-electron chi connectivity index (χ1n) is 9.29. The minimum absolute atomic E-state index is 0.108. The minimum atomic E-state index is 0.108. The van der Waals surface area contributed by atoms with Crippen LogP contribution in [0, 0.1) is 11.3 Å². The van der Waals surface area contributed by atoms with Crippen LogP contribution in [0.15, 0.2) is 47.0 Å².